The first-order valence-electron chi connectivity index (χ1n) is 6.70. The van der Waals surface area contributed by atoms with E-state index in [0.29, 0.717) is 10.8 Å². The Hall–Kier alpha value is -0.540. The molecule has 0 spiro atoms. The molecule has 2 atom stereocenters. The fraction of sp³-hybridized carbons (Fsp3) is 0.600. The molecule has 0 amide bonds. The van der Waals surface area contributed by atoms with Gasteiger partial charge < -0.3 is 5.32 Å². The molecule has 2 rings (SSSR count). The van der Waals surface area contributed by atoms with Gasteiger partial charge in [0.05, 0.1) is 0 Å². The van der Waals surface area contributed by atoms with Gasteiger partial charge in [-0.15, -0.1) is 0 Å². The van der Waals surface area contributed by atoms with Crippen molar-refractivity contribution >= 4 is 11.8 Å². The van der Waals surface area contributed by atoms with Crippen molar-refractivity contribution in [2.75, 3.05) is 12.3 Å². The number of benzene rings is 1. The van der Waals surface area contributed by atoms with Gasteiger partial charge in [0, 0.05) is 17.3 Å². The molecular formula is C15H22FNS. The van der Waals surface area contributed by atoms with Crippen LogP contribution in [0.3, 0.4) is 0 Å². The Labute approximate surface area is 114 Å². The van der Waals surface area contributed by atoms with Crippen LogP contribution in [0.15, 0.2) is 24.3 Å². The number of nitrogens with one attached hydrogen (secondary N) is 1. The van der Waals surface area contributed by atoms with Gasteiger partial charge in [-0.1, -0.05) is 18.2 Å². The van der Waals surface area contributed by atoms with Gasteiger partial charge >= 0.3 is 0 Å². The van der Waals surface area contributed by atoms with Crippen molar-refractivity contribution in [2.45, 2.75) is 43.9 Å². The predicted molar refractivity (Wildman–Crippen MR) is 77.7 cm³/mol. The SMILES string of the molecule is CC(Cc1ccccc1F)NCC1(C)CCCS1. The van der Waals surface area contributed by atoms with Crippen LogP contribution in [0.25, 0.3) is 0 Å². The Bertz CT molecular complexity index is 388. The van der Waals surface area contributed by atoms with E-state index >= 15 is 0 Å². The highest BCUT2D eigenvalue weighted by molar-refractivity contribution is 8.00. The van der Waals surface area contributed by atoms with Crippen LogP contribution < -0.4 is 5.32 Å². The van der Waals surface area contributed by atoms with E-state index in [-0.39, 0.29) is 5.82 Å². The molecule has 1 nitrogen and oxygen atoms in total. The Morgan fingerprint density at radius 3 is 2.89 bits per heavy atom. The number of hydrogen-bond donors (Lipinski definition) is 1. The first kappa shape index (κ1) is 13.9. The van der Waals surface area contributed by atoms with Crippen molar-refractivity contribution in [2.24, 2.45) is 0 Å². The molecule has 0 bridgehead atoms. The van der Waals surface area contributed by atoms with Crippen LogP contribution in [0.4, 0.5) is 4.39 Å². The fourth-order valence-corrected chi connectivity index (χ4v) is 3.69. The van der Waals surface area contributed by atoms with Crippen molar-refractivity contribution in [1.29, 1.82) is 0 Å². The summed E-state index contributed by atoms with van der Waals surface area (Å²) >= 11 is 2.06. The Balaban J connectivity index is 1.82. The summed E-state index contributed by atoms with van der Waals surface area (Å²) in [7, 11) is 0. The minimum Gasteiger partial charge on any atom is -0.313 e. The van der Waals surface area contributed by atoms with E-state index in [0.717, 1.165) is 18.5 Å². The molecule has 0 aromatic heterocycles. The normalized spacial score (nSPS) is 25.3. The van der Waals surface area contributed by atoms with Gasteiger partial charge in [0.2, 0.25) is 0 Å². The minimum atomic E-state index is -0.0902. The third kappa shape index (κ3) is 3.72. The second-order valence-corrected chi connectivity index (χ2v) is 7.16. The highest BCUT2D eigenvalue weighted by atomic mass is 32.2. The van der Waals surface area contributed by atoms with Crippen molar-refractivity contribution in [1.82, 2.24) is 5.32 Å². The van der Waals surface area contributed by atoms with Crippen LogP contribution in [0.2, 0.25) is 0 Å². The number of rotatable bonds is 5. The van der Waals surface area contributed by atoms with Gasteiger partial charge in [0.15, 0.2) is 0 Å². The molecule has 1 aromatic carbocycles. The average Bonchev–Trinajstić information content (AvgIpc) is 2.77. The molecule has 1 N–H and O–H groups in total. The summed E-state index contributed by atoms with van der Waals surface area (Å²) in [5, 5.41) is 3.55. The van der Waals surface area contributed by atoms with E-state index in [9.17, 15) is 4.39 Å². The second-order valence-electron chi connectivity index (χ2n) is 5.48. The lowest BCUT2D eigenvalue weighted by molar-refractivity contribution is 0.472. The summed E-state index contributed by atoms with van der Waals surface area (Å²) in [6.07, 6.45) is 3.37. The van der Waals surface area contributed by atoms with Gasteiger partial charge in [-0.05, 0) is 50.5 Å². The summed E-state index contributed by atoms with van der Waals surface area (Å²) in [6.45, 7) is 5.48. The molecule has 1 fully saturated rings. The molecular weight excluding hydrogens is 245 g/mol. The van der Waals surface area contributed by atoms with Crippen LogP contribution in [0.1, 0.15) is 32.3 Å². The number of thioether (sulfide) groups is 1. The van der Waals surface area contributed by atoms with Crippen molar-refractivity contribution in [3.8, 4) is 0 Å². The first-order valence-corrected chi connectivity index (χ1v) is 7.68. The Kier molecular flexibility index (Phi) is 4.68. The van der Waals surface area contributed by atoms with Crippen LogP contribution in [0.5, 0.6) is 0 Å². The molecule has 2 unspecified atom stereocenters. The molecule has 0 aliphatic carbocycles. The van der Waals surface area contributed by atoms with Crippen LogP contribution >= 0.6 is 11.8 Å². The lowest BCUT2D eigenvalue weighted by atomic mass is 10.0. The summed E-state index contributed by atoms with van der Waals surface area (Å²) in [6, 6.07) is 7.38. The Morgan fingerprint density at radius 2 is 2.22 bits per heavy atom. The molecule has 1 saturated heterocycles. The summed E-state index contributed by atoms with van der Waals surface area (Å²) in [5.41, 5.74) is 0.807. The van der Waals surface area contributed by atoms with E-state index in [4.69, 9.17) is 0 Å². The molecule has 1 aliphatic rings. The Morgan fingerprint density at radius 1 is 1.44 bits per heavy atom. The highest BCUT2D eigenvalue weighted by Gasteiger charge is 2.29. The molecule has 100 valence electrons. The third-order valence-corrected chi connectivity index (χ3v) is 5.15. The van der Waals surface area contributed by atoms with Crippen LogP contribution in [0, 0.1) is 5.82 Å². The van der Waals surface area contributed by atoms with E-state index in [2.05, 4.69) is 30.9 Å². The largest absolute Gasteiger partial charge is 0.313 e. The van der Waals surface area contributed by atoms with Crippen molar-refractivity contribution in [3.05, 3.63) is 35.6 Å². The zero-order valence-corrected chi connectivity index (χ0v) is 12.0. The van der Waals surface area contributed by atoms with E-state index < -0.39 is 0 Å². The van der Waals surface area contributed by atoms with Gasteiger partial charge in [-0.25, -0.2) is 4.39 Å². The zero-order valence-electron chi connectivity index (χ0n) is 11.2. The fourth-order valence-electron chi connectivity index (χ4n) is 2.43. The third-order valence-electron chi connectivity index (χ3n) is 3.61. The monoisotopic (exact) mass is 267 g/mol. The van der Waals surface area contributed by atoms with Crippen LogP contribution in [-0.4, -0.2) is 23.1 Å². The second kappa shape index (κ2) is 6.07. The standard InChI is InChI=1S/C15H22FNS/c1-12(10-13-6-3-4-7-14(13)16)17-11-15(2)8-5-9-18-15/h3-4,6-7,12,17H,5,8-11H2,1-2H3. The zero-order chi connectivity index (χ0) is 13.0. The molecule has 3 heteroatoms. The smallest absolute Gasteiger partial charge is 0.126 e. The van der Waals surface area contributed by atoms with Crippen LogP contribution in [-0.2, 0) is 6.42 Å². The molecule has 0 radical (unpaired) electrons. The highest BCUT2D eigenvalue weighted by Crippen LogP contribution is 2.37. The molecule has 18 heavy (non-hydrogen) atoms. The molecule has 1 aliphatic heterocycles. The predicted octanol–water partition coefficient (Wildman–Crippen LogP) is 3.63. The van der Waals surface area contributed by atoms with Gasteiger partial charge in [0.25, 0.3) is 0 Å². The topological polar surface area (TPSA) is 12.0 Å². The van der Waals surface area contributed by atoms with E-state index in [1.807, 2.05) is 12.1 Å². The van der Waals surface area contributed by atoms with E-state index in [1.54, 1.807) is 6.07 Å². The first-order chi connectivity index (χ1) is 8.59. The average molecular weight is 267 g/mol. The number of halogens is 1. The lowest BCUT2D eigenvalue weighted by Crippen LogP contribution is -2.39. The quantitative estimate of drug-likeness (QED) is 0.874. The summed E-state index contributed by atoms with van der Waals surface area (Å²) in [5.74, 6) is 1.19. The van der Waals surface area contributed by atoms with Gasteiger partial charge in [-0.2, -0.15) is 11.8 Å². The number of hydrogen-bond acceptors (Lipinski definition) is 2. The lowest BCUT2D eigenvalue weighted by Gasteiger charge is -2.25. The summed E-state index contributed by atoms with van der Waals surface area (Å²) in [4.78, 5) is 0. The molecule has 0 saturated carbocycles. The molecule has 1 aromatic rings. The molecule has 1 heterocycles. The maximum absolute atomic E-state index is 13.5. The van der Waals surface area contributed by atoms with Crippen molar-refractivity contribution < 1.29 is 4.39 Å². The van der Waals surface area contributed by atoms with Gasteiger partial charge in [0.1, 0.15) is 5.82 Å². The van der Waals surface area contributed by atoms with E-state index in [1.165, 1.54) is 24.7 Å². The maximum Gasteiger partial charge on any atom is 0.126 e. The summed E-state index contributed by atoms with van der Waals surface area (Å²) < 4.78 is 13.9. The minimum absolute atomic E-state index is 0.0902. The van der Waals surface area contributed by atoms with Gasteiger partial charge in [-0.3, -0.25) is 0 Å². The maximum atomic E-state index is 13.5. The van der Waals surface area contributed by atoms with Crippen molar-refractivity contribution in [3.63, 3.8) is 0 Å².